The van der Waals surface area contributed by atoms with Gasteiger partial charge in [-0.2, -0.15) is 0 Å². The fourth-order valence-corrected chi connectivity index (χ4v) is 3.11. The van der Waals surface area contributed by atoms with Gasteiger partial charge in [0.1, 0.15) is 17.2 Å². The molecule has 0 unspecified atom stereocenters. The third-order valence-corrected chi connectivity index (χ3v) is 4.38. The van der Waals surface area contributed by atoms with E-state index < -0.39 is 0 Å². The van der Waals surface area contributed by atoms with Gasteiger partial charge in [-0.15, -0.1) is 0 Å². The van der Waals surface area contributed by atoms with E-state index >= 15 is 0 Å². The average Bonchev–Trinajstić information content (AvgIpc) is 2.84. The summed E-state index contributed by atoms with van der Waals surface area (Å²) in [5.74, 6) is 0.786. The SMILES string of the molecule is CCc1oc2ccccc2c1CNc1ccc(F)cc1I. The van der Waals surface area contributed by atoms with Gasteiger partial charge in [0.2, 0.25) is 0 Å². The van der Waals surface area contributed by atoms with Gasteiger partial charge in [0.05, 0.1) is 0 Å². The second kappa shape index (κ2) is 6.05. The van der Waals surface area contributed by atoms with Crippen LogP contribution in [0.15, 0.2) is 46.9 Å². The first-order chi connectivity index (χ1) is 10.2. The van der Waals surface area contributed by atoms with Crippen molar-refractivity contribution in [3.05, 3.63) is 63.2 Å². The molecule has 1 aromatic heterocycles. The van der Waals surface area contributed by atoms with Crippen LogP contribution in [-0.4, -0.2) is 0 Å². The molecule has 0 aliphatic carbocycles. The summed E-state index contributed by atoms with van der Waals surface area (Å²) >= 11 is 2.14. The smallest absolute Gasteiger partial charge is 0.134 e. The van der Waals surface area contributed by atoms with E-state index in [1.165, 1.54) is 17.7 Å². The fraction of sp³-hybridized carbons (Fsp3) is 0.176. The number of furan rings is 1. The zero-order valence-electron chi connectivity index (χ0n) is 11.6. The first-order valence-corrected chi connectivity index (χ1v) is 7.95. The quantitative estimate of drug-likeness (QED) is 0.603. The minimum atomic E-state index is -0.215. The number of anilines is 1. The van der Waals surface area contributed by atoms with Gasteiger partial charge in [-0.05, 0) is 46.9 Å². The fourth-order valence-electron chi connectivity index (χ4n) is 2.45. The summed E-state index contributed by atoms with van der Waals surface area (Å²) in [6.45, 7) is 2.75. The number of benzene rings is 2. The van der Waals surface area contributed by atoms with Gasteiger partial charge in [0.25, 0.3) is 0 Å². The van der Waals surface area contributed by atoms with Gasteiger partial charge in [-0.3, -0.25) is 0 Å². The highest BCUT2D eigenvalue weighted by molar-refractivity contribution is 14.1. The molecule has 0 saturated heterocycles. The molecule has 1 N–H and O–H groups in total. The molecule has 1 heterocycles. The van der Waals surface area contributed by atoms with E-state index in [4.69, 9.17) is 4.42 Å². The highest BCUT2D eigenvalue weighted by Gasteiger charge is 2.12. The minimum Gasteiger partial charge on any atom is -0.461 e. The minimum absolute atomic E-state index is 0.215. The lowest BCUT2D eigenvalue weighted by atomic mass is 10.1. The van der Waals surface area contributed by atoms with Crippen LogP contribution in [0.4, 0.5) is 10.1 Å². The highest BCUT2D eigenvalue weighted by Crippen LogP contribution is 2.28. The first kappa shape index (κ1) is 14.4. The zero-order valence-corrected chi connectivity index (χ0v) is 13.8. The van der Waals surface area contributed by atoms with E-state index in [0.717, 1.165) is 32.4 Å². The predicted octanol–water partition coefficient (Wildman–Crippen LogP) is 5.35. The summed E-state index contributed by atoms with van der Waals surface area (Å²) < 4.78 is 19.9. The molecule has 0 saturated carbocycles. The summed E-state index contributed by atoms with van der Waals surface area (Å²) in [5, 5.41) is 4.51. The lowest BCUT2D eigenvalue weighted by Gasteiger charge is -2.09. The van der Waals surface area contributed by atoms with Crippen LogP contribution in [0, 0.1) is 9.39 Å². The van der Waals surface area contributed by atoms with Gasteiger partial charge in [0.15, 0.2) is 0 Å². The Labute approximate surface area is 136 Å². The Morgan fingerprint density at radius 2 is 2.00 bits per heavy atom. The van der Waals surface area contributed by atoms with E-state index in [0.29, 0.717) is 6.54 Å². The van der Waals surface area contributed by atoms with Gasteiger partial charge >= 0.3 is 0 Å². The molecule has 0 aliphatic rings. The lowest BCUT2D eigenvalue weighted by molar-refractivity contribution is 0.551. The van der Waals surface area contributed by atoms with E-state index in [-0.39, 0.29) is 5.82 Å². The maximum atomic E-state index is 13.1. The van der Waals surface area contributed by atoms with Crippen molar-refractivity contribution < 1.29 is 8.81 Å². The van der Waals surface area contributed by atoms with Gasteiger partial charge in [-0.25, -0.2) is 4.39 Å². The van der Waals surface area contributed by atoms with Crippen molar-refractivity contribution in [1.29, 1.82) is 0 Å². The second-order valence-electron chi connectivity index (χ2n) is 4.83. The van der Waals surface area contributed by atoms with Gasteiger partial charge in [0, 0.05) is 33.2 Å². The molecular formula is C17H15FINO. The topological polar surface area (TPSA) is 25.2 Å². The molecule has 0 aliphatic heterocycles. The van der Waals surface area contributed by atoms with E-state index in [9.17, 15) is 4.39 Å². The molecule has 0 atom stereocenters. The Balaban J connectivity index is 1.91. The van der Waals surface area contributed by atoms with E-state index in [2.05, 4.69) is 40.9 Å². The summed E-state index contributed by atoms with van der Waals surface area (Å²) in [4.78, 5) is 0. The molecule has 3 rings (SSSR count). The molecule has 21 heavy (non-hydrogen) atoms. The Kier molecular flexibility index (Phi) is 4.14. The van der Waals surface area contributed by atoms with Crippen molar-refractivity contribution in [1.82, 2.24) is 0 Å². The third kappa shape index (κ3) is 2.90. The number of hydrogen-bond donors (Lipinski definition) is 1. The van der Waals surface area contributed by atoms with Crippen LogP contribution in [0.1, 0.15) is 18.2 Å². The summed E-state index contributed by atoms with van der Waals surface area (Å²) in [7, 11) is 0. The van der Waals surface area contributed by atoms with Crippen LogP contribution >= 0.6 is 22.6 Å². The number of para-hydroxylation sites is 1. The summed E-state index contributed by atoms with van der Waals surface area (Å²) in [5.41, 5.74) is 3.03. The normalized spacial score (nSPS) is 11.0. The van der Waals surface area contributed by atoms with Crippen molar-refractivity contribution >= 4 is 39.2 Å². The molecule has 0 radical (unpaired) electrons. The molecule has 2 nitrogen and oxygen atoms in total. The Morgan fingerprint density at radius 3 is 2.76 bits per heavy atom. The molecule has 0 fully saturated rings. The number of fused-ring (bicyclic) bond motifs is 1. The van der Waals surface area contributed by atoms with Crippen LogP contribution in [0.25, 0.3) is 11.0 Å². The molecule has 0 spiro atoms. The molecule has 108 valence electrons. The zero-order chi connectivity index (χ0) is 14.8. The maximum Gasteiger partial charge on any atom is 0.134 e. The largest absolute Gasteiger partial charge is 0.461 e. The summed E-state index contributed by atoms with van der Waals surface area (Å²) in [6, 6.07) is 12.8. The predicted molar refractivity (Wildman–Crippen MR) is 92.0 cm³/mol. The first-order valence-electron chi connectivity index (χ1n) is 6.87. The number of nitrogens with one attached hydrogen (secondary N) is 1. The average molecular weight is 395 g/mol. The van der Waals surface area contributed by atoms with Crippen molar-refractivity contribution in [2.75, 3.05) is 5.32 Å². The number of hydrogen-bond acceptors (Lipinski definition) is 2. The third-order valence-electron chi connectivity index (χ3n) is 3.49. The molecular weight excluding hydrogens is 380 g/mol. The van der Waals surface area contributed by atoms with Crippen LogP contribution in [-0.2, 0) is 13.0 Å². The van der Waals surface area contributed by atoms with E-state index in [1.54, 1.807) is 6.07 Å². The molecule has 0 amide bonds. The van der Waals surface area contributed by atoms with Crippen LogP contribution < -0.4 is 5.32 Å². The maximum absolute atomic E-state index is 13.1. The molecule has 3 aromatic rings. The van der Waals surface area contributed by atoms with Crippen molar-refractivity contribution in [2.45, 2.75) is 19.9 Å². The van der Waals surface area contributed by atoms with Gasteiger partial charge < -0.3 is 9.73 Å². The number of halogens is 2. The molecule has 2 aromatic carbocycles. The molecule has 0 bridgehead atoms. The lowest BCUT2D eigenvalue weighted by Crippen LogP contribution is -2.02. The Morgan fingerprint density at radius 1 is 1.19 bits per heavy atom. The Bertz CT molecular complexity index is 782. The highest BCUT2D eigenvalue weighted by atomic mass is 127. The Hall–Kier alpha value is -1.56. The van der Waals surface area contributed by atoms with Gasteiger partial charge in [-0.1, -0.05) is 25.1 Å². The van der Waals surface area contributed by atoms with Crippen LogP contribution in [0.5, 0.6) is 0 Å². The monoisotopic (exact) mass is 395 g/mol. The van der Waals surface area contributed by atoms with E-state index in [1.807, 2.05) is 18.2 Å². The second-order valence-corrected chi connectivity index (χ2v) is 5.99. The number of aryl methyl sites for hydroxylation is 1. The number of rotatable bonds is 4. The molecule has 4 heteroatoms. The van der Waals surface area contributed by atoms with Crippen molar-refractivity contribution in [2.24, 2.45) is 0 Å². The van der Waals surface area contributed by atoms with Crippen LogP contribution in [0.3, 0.4) is 0 Å². The van der Waals surface area contributed by atoms with Crippen molar-refractivity contribution in [3.8, 4) is 0 Å². The standard InChI is InChI=1S/C17H15FINO/c1-2-16-13(12-5-3-4-6-17(12)21-16)10-20-15-8-7-11(18)9-14(15)19/h3-9,20H,2,10H2,1H3. The van der Waals surface area contributed by atoms with Crippen LogP contribution in [0.2, 0.25) is 0 Å². The van der Waals surface area contributed by atoms with Crippen molar-refractivity contribution in [3.63, 3.8) is 0 Å². The summed E-state index contributed by atoms with van der Waals surface area (Å²) in [6.07, 6.45) is 0.853.